The summed E-state index contributed by atoms with van der Waals surface area (Å²) in [5, 5.41) is 2.63. The number of benzene rings is 1. The summed E-state index contributed by atoms with van der Waals surface area (Å²) >= 11 is 5.41. The summed E-state index contributed by atoms with van der Waals surface area (Å²) in [5.74, 6) is 0.138. The highest BCUT2D eigenvalue weighted by molar-refractivity contribution is 6.29. The smallest absolute Gasteiger partial charge is 0.265 e. The Kier molecular flexibility index (Phi) is 3.72. The predicted octanol–water partition coefficient (Wildman–Crippen LogP) is 1.61. The highest BCUT2D eigenvalue weighted by Gasteiger charge is 2.24. The van der Waals surface area contributed by atoms with Crippen molar-refractivity contribution in [2.45, 2.75) is 6.92 Å². The second kappa shape index (κ2) is 5.27. The number of halogens is 1. The second-order valence-corrected chi connectivity index (χ2v) is 4.06. The zero-order chi connectivity index (χ0) is 13.1. The highest BCUT2D eigenvalue weighted by Crippen LogP contribution is 2.34. The third-order valence-corrected chi connectivity index (χ3v) is 2.87. The maximum absolute atomic E-state index is 11.6. The fourth-order valence-electron chi connectivity index (χ4n) is 1.82. The van der Waals surface area contributed by atoms with E-state index in [0.717, 1.165) is 5.69 Å². The fraction of sp³-hybridized carbons (Fsp3) is 0.333. The number of hydrogen-bond acceptors (Lipinski definition) is 3. The van der Waals surface area contributed by atoms with Crippen molar-refractivity contribution in [3.63, 3.8) is 0 Å². The molecule has 0 unspecified atom stereocenters. The number of rotatable bonds is 3. The Morgan fingerprint density at radius 3 is 3.00 bits per heavy atom. The molecule has 5 nitrogen and oxygen atoms in total. The van der Waals surface area contributed by atoms with Gasteiger partial charge in [-0.1, -0.05) is 0 Å². The number of anilines is 2. The lowest BCUT2D eigenvalue weighted by Crippen LogP contribution is -2.38. The zero-order valence-corrected chi connectivity index (χ0v) is 10.7. The van der Waals surface area contributed by atoms with E-state index in [1.54, 1.807) is 23.1 Å². The molecule has 6 heteroatoms. The molecule has 1 aliphatic rings. The van der Waals surface area contributed by atoms with Gasteiger partial charge in [-0.15, -0.1) is 11.6 Å². The third kappa shape index (κ3) is 2.41. The van der Waals surface area contributed by atoms with Gasteiger partial charge in [0.05, 0.1) is 5.69 Å². The molecule has 0 aliphatic carbocycles. The van der Waals surface area contributed by atoms with Crippen LogP contribution in [0.25, 0.3) is 0 Å². The maximum Gasteiger partial charge on any atom is 0.265 e. The molecule has 1 aromatic carbocycles. The molecule has 0 saturated heterocycles. The molecule has 0 fully saturated rings. The van der Waals surface area contributed by atoms with Gasteiger partial charge in [-0.3, -0.25) is 9.59 Å². The first kappa shape index (κ1) is 12.7. The number of hydrogen-bond donors (Lipinski definition) is 1. The van der Waals surface area contributed by atoms with Crippen LogP contribution in [0.1, 0.15) is 6.92 Å². The molecule has 1 aliphatic heterocycles. The monoisotopic (exact) mass is 268 g/mol. The van der Waals surface area contributed by atoms with Crippen LogP contribution in [-0.4, -0.2) is 30.8 Å². The zero-order valence-electron chi connectivity index (χ0n) is 9.90. The van der Waals surface area contributed by atoms with E-state index >= 15 is 0 Å². The topological polar surface area (TPSA) is 58.6 Å². The Labute approximate surface area is 110 Å². The Hall–Kier alpha value is -1.75. The molecule has 1 heterocycles. The molecule has 0 aromatic heterocycles. The summed E-state index contributed by atoms with van der Waals surface area (Å²) in [4.78, 5) is 24.4. The molecule has 2 amide bonds. The van der Waals surface area contributed by atoms with Crippen LogP contribution in [0.2, 0.25) is 0 Å². The minimum atomic E-state index is -0.282. The maximum atomic E-state index is 11.6. The van der Waals surface area contributed by atoms with Crippen molar-refractivity contribution in [3.05, 3.63) is 18.2 Å². The fourth-order valence-corrected chi connectivity index (χ4v) is 1.89. The van der Waals surface area contributed by atoms with Crippen LogP contribution in [0.15, 0.2) is 18.2 Å². The van der Waals surface area contributed by atoms with E-state index < -0.39 is 0 Å². The summed E-state index contributed by atoms with van der Waals surface area (Å²) in [6.07, 6.45) is 0. The summed E-state index contributed by atoms with van der Waals surface area (Å²) in [7, 11) is 0. The first-order valence-corrected chi connectivity index (χ1v) is 6.12. The molecule has 0 spiro atoms. The number of nitrogens with one attached hydrogen (secondary N) is 1. The van der Waals surface area contributed by atoms with Crippen molar-refractivity contribution in [3.8, 4) is 5.75 Å². The van der Waals surface area contributed by atoms with E-state index in [2.05, 4.69) is 5.32 Å². The second-order valence-electron chi connectivity index (χ2n) is 3.79. The van der Waals surface area contributed by atoms with E-state index in [1.165, 1.54) is 0 Å². The summed E-state index contributed by atoms with van der Waals surface area (Å²) in [5.41, 5.74) is 1.32. The van der Waals surface area contributed by atoms with Gasteiger partial charge in [-0.05, 0) is 19.1 Å². The normalized spacial score (nSPS) is 13.9. The largest absolute Gasteiger partial charge is 0.481 e. The van der Waals surface area contributed by atoms with Gasteiger partial charge in [0.15, 0.2) is 6.61 Å². The predicted molar refractivity (Wildman–Crippen MR) is 69.3 cm³/mol. The lowest BCUT2D eigenvalue weighted by atomic mass is 10.2. The van der Waals surface area contributed by atoms with E-state index in [9.17, 15) is 9.59 Å². The molecular weight excluding hydrogens is 256 g/mol. The number of amides is 2. The quantitative estimate of drug-likeness (QED) is 0.848. The highest BCUT2D eigenvalue weighted by atomic mass is 35.5. The number of ether oxygens (including phenoxy) is 1. The molecule has 0 saturated carbocycles. The molecule has 0 radical (unpaired) electrons. The van der Waals surface area contributed by atoms with Gasteiger partial charge in [0.25, 0.3) is 5.91 Å². The van der Waals surface area contributed by atoms with Crippen molar-refractivity contribution < 1.29 is 14.3 Å². The molecule has 1 aromatic rings. The minimum absolute atomic E-state index is 0.0216. The van der Waals surface area contributed by atoms with Gasteiger partial charge < -0.3 is 15.0 Å². The van der Waals surface area contributed by atoms with Crippen molar-refractivity contribution in [1.29, 1.82) is 0 Å². The average molecular weight is 269 g/mol. The minimum Gasteiger partial charge on any atom is -0.481 e. The van der Waals surface area contributed by atoms with Gasteiger partial charge in [-0.25, -0.2) is 0 Å². The van der Waals surface area contributed by atoms with Gasteiger partial charge in [0.1, 0.15) is 11.6 Å². The van der Waals surface area contributed by atoms with Crippen molar-refractivity contribution >= 4 is 34.8 Å². The first-order chi connectivity index (χ1) is 8.65. The summed E-state index contributed by atoms with van der Waals surface area (Å²) in [6.45, 7) is 2.51. The first-order valence-electron chi connectivity index (χ1n) is 5.58. The Balaban J connectivity index is 2.27. The third-order valence-electron chi connectivity index (χ3n) is 2.62. The molecule has 1 N–H and O–H groups in total. The van der Waals surface area contributed by atoms with Crippen LogP contribution >= 0.6 is 11.6 Å². The van der Waals surface area contributed by atoms with Gasteiger partial charge in [-0.2, -0.15) is 0 Å². The summed E-state index contributed by atoms with van der Waals surface area (Å²) < 4.78 is 5.35. The number of likely N-dealkylation sites (N-methyl/N-ethyl adjacent to an activating group) is 1. The molecule has 18 heavy (non-hydrogen) atoms. The van der Waals surface area contributed by atoms with Gasteiger partial charge >= 0.3 is 0 Å². The van der Waals surface area contributed by atoms with E-state index in [-0.39, 0.29) is 24.3 Å². The van der Waals surface area contributed by atoms with Crippen LogP contribution < -0.4 is 15.0 Å². The van der Waals surface area contributed by atoms with Gasteiger partial charge in [0.2, 0.25) is 5.91 Å². The standard InChI is InChI=1S/C12H13ClN2O3/c1-2-15-9-4-3-8(14-11(16)6-13)5-10(9)18-7-12(15)17/h3-5H,2,6-7H2,1H3,(H,14,16). The lowest BCUT2D eigenvalue weighted by molar-refractivity contribution is -0.121. The van der Waals surface area contributed by atoms with Crippen molar-refractivity contribution in [1.82, 2.24) is 0 Å². The number of fused-ring (bicyclic) bond motifs is 1. The number of nitrogens with zero attached hydrogens (tertiary/aromatic N) is 1. The van der Waals surface area contributed by atoms with Crippen LogP contribution in [0.4, 0.5) is 11.4 Å². The molecule has 2 rings (SSSR count). The Morgan fingerprint density at radius 2 is 2.33 bits per heavy atom. The average Bonchev–Trinajstić information content (AvgIpc) is 2.38. The van der Waals surface area contributed by atoms with E-state index in [4.69, 9.17) is 16.3 Å². The SMILES string of the molecule is CCN1C(=O)COc2cc(NC(=O)CCl)ccc21. The number of carbonyl (C=O) groups excluding carboxylic acids is 2. The molecule has 0 atom stereocenters. The summed E-state index contributed by atoms with van der Waals surface area (Å²) in [6, 6.07) is 5.16. The van der Waals surface area contributed by atoms with Crippen LogP contribution in [0.3, 0.4) is 0 Å². The molecule has 0 bridgehead atoms. The van der Waals surface area contributed by atoms with E-state index in [1.807, 2.05) is 6.92 Å². The van der Waals surface area contributed by atoms with E-state index in [0.29, 0.717) is 18.0 Å². The molecular formula is C12H13ClN2O3. The van der Waals surface area contributed by atoms with Crippen molar-refractivity contribution in [2.75, 3.05) is 29.2 Å². The van der Waals surface area contributed by atoms with Crippen molar-refractivity contribution in [2.24, 2.45) is 0 Å². The lowest BCUT2D eigenvalue weighted by Gasteiger charge is -2.28. The molecule has 96 valence electrons. The number of carbonyl (C=O) groups is 2. The van der Waals surface area contributed by atoms with Crippen LogP contribution in [0, 0.1) is 0 Å². The Morgan fingerprint density at radius 1 is 1.56 bits per heavy atom. The van der Waals surface area contributed by atoms with Gasteiger partial charge in [0, 0.05) is 18.3 Å². The van der Waals surface area contributed by atoms with Crippen LogP contribution in [0.5, 0.6) is 5.75 Å². The van der Waals surface area contributed by atoms with Crippen LogP contribution in [-0.2, 0) is 9.59 Å². The Bertz CT molecular complexity index is 490. The number of alkyl halides is 1.